The van der Waals surface area contributed by atoms with Gasteiger partial charge in [-0.15, -0.1) is 0 Å². The van der Waals surface area contributed by atoms with E-state index in [1.54, 1.807) is 41.2 Å². The molecule has 0 aliphatic heterocycles. The van der Waals surface area contributed by atoms with Crippen molar-refractivity contribution in [3.8, 4) is 11.1 Å². The molecule has 0 radical (unpaired) electrons. The van der Waals surface area contributed by atoms with Crippen LogP contribution in [0.3, 0.4) is 0 Å². The lowest BCUT2D eigenvalue weighted by atomic mass is 9.75. The van der Waals surface area contributed by atoms with E-state index in [0.29, 0.717) is 12.1 Å². The van der Waals surface area contributed by atoms with Gasteiger partial charge in [0.2, 0.25) is 5.92 Å². The summed E-state index contributed by atoms with van der Waals surface area (Å²) >= 11 is 12.4. The molecule has 34 heavy (non-hydrogen) atoms. The standard InChI is InChI=1S/C25H25Cl2F2N3O2/c1-2-32-15-18(14-30-32)16-5-3-6-17(13-16)22(24(34)9-11-25(28,29)12-10-24)31-23(33)21-19(26)7-4-8-20(21)27/h3-8,13-15,22,34H,2,9-12H2,1H3,(H,31,33). The smallest absolute Gasteiger partial charge is 0.254 e. The molecular formula is C25H25Cl2F2N3O2. The van der Waals surface area contributed by atoms with E-state index in [1.165, 1.54) is 0 Å². The number of halogens is 4. The Morgan fingerprint density at radius 1 is 1.12 bits per heavy atom. The quantitative estimate of drug-likeness (QED) is 0.412. The van der Waals surface area contributed by atoms with Crippen molar-refractivity contribution in [1.29, 1.82) is 0 Å². The van der Waals surface area contributed by atoms with Crippen molar-refractivity contribution in [2.45, 2.75) is 56.7 Å². The van der Waals surface area contributed by atoms with Crippen molar-refractivity contribution in [3.63, 3.8) is 0 Å². The average molecular weight is 508 g/mol. The van der Waals surface area contributed by atoms with Crippen LogP contribution in [0.5, 0.6) is 0 Å². The molecule has 4 rings (SSSR count). The first kappa shape index (κ1) is 24.6. The minimum Gasteiger partial charge on any atom is -0.387 e. The Morgan fingerprint density at radius 2 is 1.76 bits per heavy atom. The summed E-state index contributed by atoms with van der Waals surface area (Å²) in [6.07, 6.45) is 2.36. The second kappa shape index (κ2) is 9.64. The molecule has 1 heterocycles. The van der Waals surface area contributed by atoms with Gasteiger partial charge in [-0.3, -0.25) is 9.48 Å². The number of nitrogens with one attached hydrogen (secondary N) is 1. The molecule has 2 N–H and O–H groups in total. The van der Waals surface area contributed by atoms with Gasteiger partial charge in [-0.1, -0.05) is 47.5 Å². The van der Waals surface area contributed by atoms with Gasteiger partial charge in [-0.2, -0.15) is 5.10 Å². The van der Waals surface area contributed by atoms with E-state index in [2.05, 4.69) is 10.4 Å². The van der Waals surface area contributed by atoms with Gasteiger partial charge in [0, 0.05) is 31.1 Å². The molecule has 0 saturated heterocycles. The number of aryl methyl sites for hydroxylation is 1. The van der Waals surface area contributed by atoms with E-state index >= 15 is 0 Å². The second-order valence-electron chi connectivity index (χ2n) is 8.67. The van der Waals surface area contributed by atoms with Gasteiger partial charge in [-0.25, -0.2) is 8.78 Å². The molecule has 1 fully saturated rings. The SMILES string of the molecule is CCn1cc(-c2cccc(C(NC(=O)c3c(Cl)cccc3Cl)C3(O)CCC(F)(F)CC3)c2)cn1. The molecule has 0 spiro atoms. The molecule has 3 aromatic rings. The Morgan fingerprint density at radius 3 is 2.38 bits per heavy atom. The number of rotatable bonds is 6. The summed E-state index contributed by atoms with van der Waals surface area (Å²) in [5, 5.41) is 19.0. The van der Waals surface area contributed by atoms with Gasteiger partial charge >= 0.3 is 0 Å². The van der Waals surface area contributed by atoms with Crippen molar-refractivity contribution >= 4 is 29.1 Å². The fourth-order valence-corrected chi connectivity index (χ4v) is 4.94. The van der Waals surface area contributed by atoms with Gasteiger partial charge in [0.15, 0.2) is 0 Å². The van der Waals surface area contributed by atoms with Crippen molar-refractivity contribution in [2.24, 2.45) is 0 Å². The van der Waals surface area contributed by atoms with Crippen LogP contribution in [0.2, 0.25) is 10.0 Å². The number of hydrogen-bond acceptors (Lipinski definition) is 3. The number of aromatic nitrogens is 2. The summed E-state index contributed by atoms with van der Waals surface area (Å²) in [7, 11) is 0. The van der Waals surface area contributed by atoms with Crippen molar-refractivity contribution in [3.05, 3.63) is 76.0 Å². The van der Waals surface area contributed by atoms with E-state index < -0.39 is 36.3 Å². The summed E-state index contributed by atoms with van der Waals surface area (Å²) in [6.45, 7) is 2.69. The Labute approximate surface area is 206 Å². The van der Waals surface area contributed by atoms with Crippen LogP contribution in [-0.2, 0) is 6.54 Å². The number of aliphatic hydroxyl groups is 1. The van der Waals surface area contributed by atoms with Crippen LogP contribution in [0.25, 0.3) is 11.1 Å². The summed E-state index contributed by atoms with van der Waals surface area (Å²) in [6, 6.07) is 11.0. The number of carbonyl (C=O) groups is 1. The molecule has 1 aliphatic carbocycles. The topological polar surface area (TPSA) is 67.2 Å². The van der Waals surface area contributed by atoms with E-state index in [1.807, 2.05) is 25.3 Å². The molecule has 1 amide bonds. The third kappa shape index (κ3) is 5.11. The maximum Gasteiger partial charge on any atom is 0.254 e. The molecule has 1 aromatic heterocycles. The number of alkyl halides is 2. The first-order valence-corrected chi connectivity index (χ1v) is 11.9. The lowest BCUT2D eigenvalue weighted by molar-refractivity contribution is -0.116. The molecule has 180 valence electrons. The molecule has 9 heteroatoms. The Kier molecular flexibility index (Phi) is 6.99. The number of amides is 1. The Bertz CT molecular complexity index is 1170. The van der Waals surface area contributed by atoms with E-state index in [9.17, 15) is 18.7 Å². The van der Waals surface area contributed by atoms with Crippen LogP contribution in [0, 0.1) is 0 Å². The highest BCUT2D eigenvalue weighted by atomic mass is 35.5. The summed E-state index contributed by atoms with van der Waals surface area (Å²) in [5.41, 5.74) is 0.783. The summed E-state index contributed by atoms with van der Waals surface area (Å²) in [4.78, 5) is 13.2. The lowest BCUT2D eigenvalue weighted by Crippen LogP contribution is -2.50. The second-order valence-corrected chi connectivity index (χ2v) is 9.49. The molecule has 0 bridgehead atoms. The fraction of sp³-hybridized carbons (Fsp3) is 0.360. The van der Waals surface area contributed by atoms with Crippen LogP contribution in [-0.4, -0.2) is 32.3 Å². The highest BCUT2D eigenvalue weighted by Crippen LogP contribution is 2.45. The molecule has 1 unspecified atom stereocenters. The minimum atomic E-state index is -2.84. The molecular weight excluding hydrogens is 483 g/mol. The largest absolute Gasteiger partial charge is 0.387 e. The number of hydrogen-bond donors (Lipinski definition) is 2. The van der Waals surface area contributed by atoms with Crippen LogP contribution in [0.1, 0.15) is 54.6 Å². The Balaban J connectivity index is 1.73. The first-order valence-electron chi connectivity index (χ1n) is 11.1. The molecule has 1 atom stereocenters. The predicted octanol–water partition coefficient (Wildman–Crippen LogP) is 6.29. The van der Waals surface area contributed by atoms with E-state index in [0.717, 1.165) is 11.1 Å². The highest BCUT2D eigenvalue weighted by Gasteiger charge is 2.47. The molecule has 2 aromatic carbocycles. The zero-order valence-electron chi connectivity index (χ0n) is 18.6. The zero-order chi connectivity index (χ0) is 24.5. The van der Waals surface area contributed by atoms with E-state index in [4.69, 9.17) is 23.2 Å². The van der Waals surface area contributed by atoms with Gasteiger partial charge in [0.1, 0.15) is 0 Å². The maximum absolute atomic E-state index is 13.9. The maximum atomic E-state index is 13.9. The highest BCUT2D eigenvalue weighted by molar-refractivity contribution is 6.39. The van der Waals surface area contributed by atoms with Gasteiger partial charge in [0.25, 0.3) is 5.91 Å². The van der Waals surface area contributed by atoms with Crippen molar-refractivity contribution in [1.82, 2.24) is 15.1 Å². The number of nitrogens with zero attached hydrogens (tertiary/aromatic N) is 2. The predicted molar refractivity (Wildman–Crippen MR) is 128 cm³/mol. The average Bonchev–Trinajstić information content (AvgIpc) is 3.29. The van der Waals surface area contributed by atoms with Crippen LogP contribution < -0.4 is 5.32 Å². The number of benzene rings is 2. The van der Waals surface area contributed by atoms with Gasteiger partial charge in [-0.05, 0) is 49.1 Å². The first-order chi connectivity index (χ1) is 16.1. The summed E-state index contributed by atoms with van der Waals surface area (Å²) in [5.74, 6) is -3.43. The lowest BCUT2D eigenvalue weighted by Gasteiger charge is -2.42. The molecule has 1 saturated carbocycles. The summed E-state index contributed by atoms with van der Waals surface area (Å²) < 4.78 is 29.6. The third-order valence-electron chi connectivity index (χ3n) is 6.36. The van der Waals surface area contributed by atoms with Crippen molar-refractivity contribution < 1.29 is 18.7 Å². The van der Waals surface area contributed by atoms with Gasteiger partial charge in [0.05, 0.1) is 33.4 Å². The van der Waals surface area contributed by atoms with Gasteiger partial charge < -0.3 is 10.4 Å². The van der Waals surface area contributed by atoms with Crippen LogP contribution in [0.4, 0.5) is 8.78 Å². The minimum absolute atomic E-state index is 0.0703. The monoisotopic (exact) mass is 507 g/mol. The zero-order valence-corrected chi connectivity index (χ0v) is 20.1. The van der Waals surface area contributed by atoms with E-state index in [-0.39, 0.29) is 28.5 Å². The molecule has 1 aliphatic rings. The molecule has 5 nitrogen and oxygen atoms in total. The Hall–Kier alpha value is -2.48. The number of carbonyl (C=O) groups excluding carboxylic acids is 1. The third-order valence-corrected chi connectivity index (χ3v) is 6.99. The fourth-order valence-electron chi connectivity index (χ4n) is 4.37. The van der Waals surface area contributed by atoms with Crippen LogP contribution in [0.15, 0.2) is 54.9 Å². The van der Waals surface area contributed by atoms with Crippen molar-refractivity contribution in [2.75, 3.05) is 0 Å². The van der Waals surface area contributed by atoms with Crippen LogP contribution >= 0.6 is 23.2 Å². The normalized spacial score (nSPS) is 17.8.